The molecule has 1 aromatic heterocycles. The van der Waals surface area contributed by atoms with Crippen LogP contribution in [0.1, 0.15) is 23.0 Å². The molecule has 0 saturated carbocycles. The van der Waals surface area contributed by atoms with Crippen molar-refractivity contribution >= 4 is 22.8 Å². The van der Waals surface area contributed by atoms with Gasteiger partial charge >= 0.3 is 5.97 Å². The van der Waals surface area contributed by atoms with Crippen LogP contribution in [0.5, 0.6) is 0 Å². The summed E-state index contributed by atoms with van der Waals surface area (Å²) in [5, 5.41) is 3.05. The van der Waals surface area contributed by atoms with Crippen LogP contribution < -0.4 is 5.32 Å². The number of carbonyl (C=O) groups excluding carboxylic acids is 2. The van der Waals surface area contributed by atoms with Crippen molar-refractivity contribution in [1.29, 1.82) is 0 Å². The van der Waals surface area contributed by atoms with Gasteiger partial charge in [-0.05, 0) is 19.9 Å². The summed E-state index contributed by atoms with van der Waals surface area (Å²) in [4.78, 5) is 23.9. The molecule has 0 saturated heterocycles. The Kier molecular flexibility index (Phi) is 5.33. The first-order valence-electron chi connectivity index (χ1n) is 7.11. The molecule has 1 amide bonds. The fourth-order valence-corrected chi connectivity index (χ4v) is 2.09. The Morgan fingerprint density at radius 1 is 1.39 bits per heavy atom. The van der Waals surface area contributed by atoms with E-state index in [9.17, 15) is 14.0 Å². The zero-order chi connectivity index (χ0) is 17.0. The summed E-state index contributed by atoms with van der Waals surface area (Å²) >= 11 is 0. The van der Waals surface area contributed by atoms with E-state index in [0.717, 1.165) is 0 Å². The molecule has 0 fully saturated rings. The Labute approximate surface area is 132 Å². The van der Waals surface area contributed by atoms with Crippen LogP contribution in [0, 0.1) is 12.7 Å². The molecule has 0 spiro atoms. The Morgan fingerprint density at radius 3 is 2.78 bits per heavy atom. The van der Waals surface area contributed by atoms with Gasteiger partial charge in [0.1, 0.15) is 0 Å². The van der Waals surface area contributed by atoms with Gasteiger partial charge in [-0.2, -0.15) is 0 Å². The monoisotopic (exact) mass is 323 g/mol. The number of nitrogens with one attached hydrogen (secondary N) is 1. The van der Waals surface area contributed by atoms with Crippen LogP contribution in [0.25, 0.3) is 11.0 Å². The second-order valence-electron chi connectivity index (χ2n) is 5.00. The molecule has 1 heterocycles. The van der Waals surface area contributed by atoms with Gasteiger partial charge in [-0.15, -0.1) is 0 Å². The van der Waals surface area contributed by atoms with Gasteiger partial charge in [0.05, 0.1) is 6.61 Å². The first-order chi connectivity index (χ1) is 11.0. The number of ether oxygens (including phenoxy) is 2. The lowest BCUT2D eigenvalue weighted by Crippen LogP contribution is -2.37. The molecule has 0 aliphatic heterocycles. The number of hydrogen-bond acceptors (Lipinski definition) is 5. The molecule has 0 aliphatic carbocycles. The number of para-hydroxylation sites is 1. The molecule has 7 heteroatoms. The normalized spacial score (nSPS) is 12.2. The van der Waals surface area contributed by atoms with E-state index in [4.69, 9.17) is 13.9 Å². The molecule has 6 nitrogen and oxygen atoms in total. The highest BCUT2D eigenvalue weighted by Crippen LogP contribution is 2.27. The number of rotatable bonds is 6. The number of esters is 1. The molecule has 0 unspecified atom stereocenters. The van der Waals surface area contributed by atoms with Gasteiger partial charge in [-0.25, -0.2) is 9.18 Å². The largest absolute Gasteiger partial charge is 0.447 e. The molecule has 2 rings (SSSR count). The smallest absolute Gasteiger partial charge is 0.375 e. The minimum absolute atomic E-state index is 0.00542. The topological polar surface area (TPSA) is 77.8 Å². The van der Waals surface area contributed by atoms with Crippen molar-refractivity contribution < 1.29 is 27.9 Å². The van der Waals surface area contributed by atoms with Crippen LogP contribution in [-0.2, 0) is 14.3 Å². The molecular formula is C16H18FNO5. The van der Waals surface area contributed by atoms with Gasteiger partial charge in [0.25, 0.3) is 5.91 Å². The first-order valence-corrected chi connectivity index (χ1v) is 7.11. The second kappa shape index (κ2) is 7.23. The molecule has 1 atom stereocenters. The van der Waals surface area contributed by atoms with Crippen LogP contribution in [0.2, 0.25) is 0 Å². The van der Waals surface area contributed by atoms with Crippen LogP contribution in [0.4, 0.5) is 4.39 Å². The van der Waals surface area contributed by atoms with Gasteiger partial charge in [0, 0.05) is 24.6 Å². The van der Waals surface area contributed by atoms with Crippen LogP contribution in [0.3, 0.4) is 0 Å². The molecule has 0 radical (unpaired) electrons. The highest BCUT2D eigenvalue weighted by atomic mass is 19.1. The van der Waals surface area contributed by atoms with Crippen molar-refractivity contribution in [3.8, 4) is 0 Å². The standard InChI is InChI=1S/C16H18FNO5/c1-9-11-5-4-6-12(17)14(11)23-13(9)16(20)22-10(2)15(19)18-7-8-21-3/h4-6,10H,7-8H2,1-3H3,(H,18,19)/t10-/m0/s1. The van der Waals surface area contributed by atoms with E-state index in [2.05, 4.69) is 5.32 Å². The Hall–Kier alpha value is -2.41. The van der Waals surface area contributed by atoms with Crippen molar-refractivity contribution in [2.45, 2.75) is 20.0 Å². The minimum Gasteiger partial charge on any atom is -0.447 e. The van der Waals surface area contributed by atoms with Crippen molar-refractivity contribution in [1.82, 2.24) is 5.32 Å². The average Bonchev–Trinajstić information content (AvgIpc) is 2.86. The number of carbonyl (C=O) groups is 2. The van der Waals surface area contributed by atoms with E-state index >= 15 is 0 Å². The predicted octanol–water partition coefficient (Wildman–Crippen LogP) is 2.19. The van der Waals surface area contributed by atoms with Gasteiger partial charge in [0.15, 0.2) is 17.5 Å². The lowest BCUT2D eigenvalue weighted by molar-refractivity contribution is -0.129. The lowest BCUT2D eigenvalue weighted by Gasteiger charge is -2.12. The SMILES string of the molecule is COCCNC(=O)[C@H](C)OC(=O)c1oc2c(F)cccc2c1C. The summed E-state index contributed by atoms with van der Waals surface area (Å²) in [7, 11) is 1.51. The number of amides is 1. The molecule has 124 valence electrons. The minimum atomic E-state index is -1.00. The molecule has 23 heavy (non-hydrogen) atoms. The lowest BCUT2D eigenvalue weighted by atomic mass is 10.1. The molecule has 0 aliphatic rings. The number of methoxy groups -OCH3 is 1. The number of aryl methyl sites for hydroxylation is 1. The van der Waals surface area contributed by atoms with Gasteiger partial charge < -0.3 is 19.2 Å². The fraction of sp³-hybridized carbons (Fsp3) is 0.375. The first kappa shape index (κ1) is 17.0. The maximum atomic E-state index is 13.7. The van der Waals surface area contributed by atoms with Crippen LogP contribution in [0.15, 0.2) is 22.6 Å². The van der Waals surface area contributed by atoms with Crippen molar-refractivity contribution in [3.63, 3.8) is 0 Å². The van der Waals surface area contributed by atoms with Gasteiger partial charge in [-0.1, -0.05) is 12.1 Å². The maximum absolute atomic E-state index is 13.7. The number of furan rings is 1. The fourth-order valence-electron chi connectivity index (χ4n) is 2.09. The summed E-state index contributed by atoms with van der Waals surface area (Å²) in [6.45, 7) is 3.74. The Bertz CT molecular complexity index is 725. The zero-order valence-electron chi connectivity index (χ0n) is 13.1. The molecule has 2 aromatic rings. The van der Waals surface area contributed by atoms with Crippen molar-refractivity contribution in [3.05, 3.63) is 35.3 Å². The van der Waals surface area contributed by atoms with Gasteiger partial charge in [0.2, 0.25) is 5.76 Å². The molecule has 1 aromatic carbocycles. The third-order valence-corrected chi connectivity index (χ3v) is 3.36. The summed E-state index contributed by atoms with van der Waals surface area (Å²) in [5.74, 6) is -1.93. The number of halogens is 1. The summed E-state index contributed by atoms with van der Waals surface area (Å²) in [5.41, 5.74) is 0.464. The third kappa shape index (κ3) is 3.68. The summed E-state index contributed by atoms with van der Waals surface area (Å²) in [6, 6.07) is 4.42. The van der Waals surface area contributed by atoms with Gasteiger partial charge in [-0.3, -0.25) is 4.79 Å². The molecule has 0 bridgehead atoms. The summed E-state index contributed by atoms with van der Waals surface area (Å²) < 4.78 is 28.8. The zero-order valence-corrected chi connectivity index (χ0v) is 13.1. The van der Waals surface area contributed by atoms with Crippen LogP contribution in [-0.4, -0.2) is 38.2 Å². The maximum Gasteiger partial charge on any atom is 0.375 e. The Morgan fingerprint density at radius 2 is 2.13 bits per heavy atom. The number of benzene rings is 1. The van der Waals surface area contributed by atoms with Crippen molar-refractivity contribution in [2.75, 3.05) is 20.3 Å². The highest BCUT2D eigenvalue weighted by Gasteiger charge is 2.24. The predicted molar refractivity (Wildman–Crippen MR) is 80.7 cm³/mol. The molecule has 1 N–H and O–H groups in total. The second-order valence-corrected chi connectivity index (χ2v) is 5.00. The van der Waals surface area contributed by atoms with E-state index in [1.807, 2.05) is 0 Å². The van der Waals surface area contributed by atoms with Crippen molar-refractivity contribution in [2.24, 2.45) is 0 Å². The van der Waals surface area contributed by atoms with E-state index in [1.165, 1.54) is 26.2 Å². The summed E-state index contributed by atoms with van der Waals surface area (Å²) in [6.07, 6.45) is -1.00. The van der Waals surface area contributed by atoms with E-state index in [1.54, 1.807) is 13.0 Å². The van der Waals surface area contributed by atoms with E-state index in [-0.39, 0.29) is 11.3 Å². The number of fused-ring (bicyclic) bond motifs is 1. The molecular weight excluding hydrogens is 305 g/mol. The third-order valence-electron chi connectivity index (χ3n) is 3.36. The van der Waals surface area contributed by atoms with Crippen LogP contribution >= 0.6 is 0 Å². The Balaban J connectivity index is 2.10. The van der Waals surface area contributed by atoms with E-state index in [0.29, 0.717) is 24.1 Å². The number of hydrogen-bond donors (Lipinski definition) is 1. The quantitative estimate of drug-likeness (QED) is 0.651. The average molecular weight is 323 g/mol. The highest BCUT2D eigenvalue weighted by molar-refractivity contribution is 5.97. The van der Waals surface area contributed by atoms with E-state index < -0.39 is 23.8 Å².